The monoisotopic (exact) mass is 462 g/mol. The number of amides is 1. The van der Waals surface area contributed by atoms with Crippen LogP contribution in [0, 0.1) is 0 Å². The zero-order chi connectivity index (χ0) is 22.5. The lowest BCUT2D eigenvalue weighted by atomic mass is 10.1. The summed E-state index contributed by atoms with van der Waals surface area (Å²) in [5.41, 5.74) is 2.00. The summed E-state index contributed by atoms with van der Waals surface area (Å²) >= 11 is 2.97. The van der Waals surface area contributed by atoms with E-state index in [0.29, 0.717) is 23.0 Å². The van der Waals surface area contributed by atoms with Gasteiger partial charge in [0.1, 0.15) is 5.25 Å². The molecule has 0 saturated carbocycles. The second kappa shape index (κ2) is 9.93. The summed E-state index contributed by atoms with van der Waals surface area (Å²) in [6.07, 6.45) is 0. The van der Waals surface area contributed by atoms with Gasteiger partial charge in [-0.2, -0.15) is 0 Å². The predicted molar refractivity (Wildman–Crippen MR) is 129 cm³/mol. The zero-order valence-electron chi connectivity index (χ0n) is 17.7. The molecule has 0 fully saturated rings. The molecule has 4 aromatic rings. The van der Waals surface area contributed by atoms with Crippen LogP contribution in [0.15, 0.2) is 77.3 Å². The molecule has 32 heavy (non-hydrogen) atoms. The van der Waals surface area contributed by atoms with Gasteiger partial charge in [-0.05, 0) is 43.0 Å². The van der Waals surface area contributed by atoms with Gasteiger partial charge in [0.25, 0.3) is 0 Å². The number of rotatable bonds is 8. The molecular weight excluding hydrogens is 440 g/mol. The highest BCUT2D eigenvalue weighted by atomic mass is 32.2. The van der Waals surface area contributed by atoms with Gasteiger partial charge in [0.15, 0.2) is 16.8 Å². The van der Waals surface area contributed by atoms with Gasteiger partial charge in [0, 0.05) is 17.8 Å². The first-order valence-electron chi connectivity index (χ1n) is 10.2. The van der Waals surface area contributed by atoms with Gasteiger partial charge in [-0.1, -0.05) is 60.3 Å². The van der Waals surface area contributed by atoms with Crippen LogP contribution in [0.1, 0.15) is 35.0 Å². The molecule has 0 spiro atoms. The average molecular weight is 463 g/mol. The minimum absolute atomic E-state index is 0.0489. The van der Waals surface area contributed by atoms with Crippen LogP contribution in [0.25, 0.3) is 10.7 Å². The standard InChI is InChI=1S/C24H22N4O2S2/c1-3-28-22(20-13-8-14-31-20)26-27-24(28)32-21(17-9-5-4-6-10-17)23(30)25-19-12-7-11-18(15-19)16(2)29/h4-15,21H,3H2,1-2H3,(H,25,30)/t21-/m0/s1. The third-order valence-electron chi connectivity index (χ3n) is 4.87. The van der Waals surface area contributed by atoms with E-state index in [4.69, 9.17) is 0 Å². The molecule has 4 rings (SSSR count). The van der Waals surface area contributed by atoms with Gasteiger partial charge < -0.3 is 9.88 Å². The zero-order valence-corrected chi connectivity index (χ0v) is 19.3. The van der Waals surface area contributed by atoms with Crippen molar-refractivity contribution in [2.45, 2.75) is 30.8 Å². The molecule has 2 aromatic carbocycles. The third-order valence-corrected chi connectivity index (χ3v) is 6.98. The fourth-order valence-corrected chi connectivity index (χ4v) is 5.10. The van der Waals surface area contributed by atoms with Gasteiger partial charge >= 0.3 is 0 Å². The number of carbonyl (C=O) groups excluding carboxylic acids is 2. The predicted octanol–water partition coefficient (Wildman–Crippen LogP) is 5.70. The van der Waals surface area contributed by atoms with Gasteiger partial charge in [0.05, 0.1) is 4.88 Å². The molecule has 0 aliphatic heterocycles. The lowest BCUT2D eigenvalue weighted by molar-refractivity contribution is -0.115. The number of aromatic nitrogens is 3. The molecular formula is C24H22N4O2S2. The number of thiophene rings is 1. The van der Waals surface area contributed by atoms with Crippen LogP contribution >= 0.6 is 23.1 Å². The average Bonchev–Trinajstić information content (AvgIpc) is 3.47. The smallest absolute Gasteiger partial charge is 0.242 e. The minimum atomic E-state index is -0.539. The maximum Gasteiger partial charge on any atom is 0.242 e. The number of nitrogens with zero attached hydrogens (tertiary/aromatic N) is 3. The Kier molecular flexibility index (Phi) is 6.82. The number of carbonyl (C=O) groups is 2. The molecule has 8 heteroatoms. The molecule has 6 nitrogen and oxygen atoms in total. The fourth-order valence-electron chi connectivity index (χ4n) is 3.28. The van der Waals surface area contributed by atoms with Crippen LogP contribution in [0.2, 0.25) is 0 Å². The minimum Gasteiger partial charge on any atom is -0.325 e. The Labute approximate surface area is 194 Å². The summed E-state index contributed by atoms with van der Waals surface area (Å²) in [5.74, 6) is 0.559. The molecule has 0 radical (unpaired) electrons. The van der Waals surface area contributed by atoms with E-state index in [-0.39, 0.29) is 11.7 Å². The van der Waals surface area contributed by atoms with Crippen molar-refractivity contribution in [2.75, 3.05) is 5.32 Å². The van der Waals surface area contributed by atoms with E-state index < -0.39 is 5.25 Å². The van der Waals surface area contributed by atoms with E-state index in [1.54, 1.807) is 35.6 Å². The van der Waals surface area contributed by atoms with Crippen LogP contribution in [-0.2, 0) is 11.3 Å². The number of Topliss-reactive ketones (excluding diaryl/α,β-unsaturated/α-hetero) is 1. The number of thioether (sulfide) groups is 1. The van der Waals surface area contributed by atoms with E-state index >= 15 is 0 Å². The maximum atomic E-state index is 13.4. The molecule has 2 heterocycles. The number of nitrogens with one attached hydrogen (secondary N) is 1. The lowest BCUT2D eigenvalue weighted by Crippen LogP contribution is -2.19. The van der Waals surface area contributed by atoms with Crippen LogP contribution in [0.4, 0.5) is 5.69 Å². The Morgan fingerprint density at radius 3 is 2.56 bits per heavy atom. The Bertz CT molecular complexity index is 1220. The summed E-state index contributed by atoms with van der Waals surface area (Å²) in [6, 6.07) is 20.6. The molecule has 162 valence electrons. The number of ketones is 1. The fraction of sp³-hybridized carbons (Fsp3) is 0.167. The van der Waals surface area contributed by atoms with Gasteiger partial charge in [-0.15, -0.1) is 21.5 Å². The van der Waals surface area contributed by atoms with Crippen LogP contribution in [0.5, 0.6) is 0 Å². The second-order valence-electron chi connectivity index (χ2n) is 7.06. The number of benzene rings is 2. The molecule has 0 unspecified atom stereocenters. The Hall–Kier alpha value is -3.23. The summed E-state index contributed by atoms with van der Waals surface area (Å²) in [7, 11) is 0. The Morgan fingerprint density at radius 2 is 1.88 bits per heavy atom. The van der Waals surface area contributed by atoms with Crippen molar-refractivity contribution in [2.24, 2.45) is 0 Å². The topological polar surface area (TPSA) is 76.9 Å². The van der Waals surface area contributed by atoms with E-state index in [0.717, 1.165) is 16.3 Å². The van der Waals surface area contributed by atoms with Crippen molar-refractivity contribution >= 4 is 40.5 Å². The highest BCUT2D eigenvalue weighted by Gasteiger charge is 2.26. The molecule has 0 aliphatic rings. The highest BCUT2D eigenvalue weighted by molar-refractivity contribution is 8.00. The molecule has 1 N–H and O–H groups in total. The van der Waals surface area contributed by atoms with E-state index in [9.17, 15) is 9.59 Å². The molecule has 1 amide bonds. The molecule has 2 aromatic heterocycles. The van der Waals surface area contributed by atoms with E-state index in [1.165, 1.54) is 18.7 Å². The number of anilines is 1. The van der Waals surface area contributed by atoms with Crippen LogP contribution in [-0.4, -0.2) is 26.5 Å². The summed E-state index contributed by atoms with van der Waals surface area (Å²) in [6.45, 7) is 4.23. The first kappa shape index (κ1) is 22.0. The lowest BCUT2D eigenvalue weighted by Gasteiger charge is -2.17. The first-order valence-corrected chi connectivity index (χ1v) is 11.9. The maximum absolute atomic E-state index is 13.4. The van der Waals surface area contributed by atoms with Crippen LogP contribution < -0.4 is 5.32 Å². The van der Waals surface area contributed by atoms with Gasteiger partial charge in [-0.3, -0.25) is 9.59 Å². The molecule has 0 aliphatic carbocycles. The van der Waals surface area contributed by atoms with Gasteiger partial charge in [-0.25, -0.2) is 0 Å². The number of hydrogen-bond donors (Lipinski definition) is 1. The number of hydrogen-bond acceptors (Lipinski definition) is 6. The quantitative estimate of drug-likeness (QED) is 0.268. The SMILES string of the molecule is CCn1c(S[C@H](C(=O)Nc2cccc(C(C)=O)c2)c2ccccc2)nnc1-c1cccs1. The van der Waals surface area contributed by atoms with Crippen molar-refractivity contribution in [1.29, 1.82) is 0 Å². The van der Waals surface area contributed by atoms with Crippen molar-refractivity contribution in [3.05, 3.63) is 83.2 Å². The normalized spacial score (nSPS) is 11.8. The van der Waals surface area contributed by atoms with Crippen molar-refractivity contribution in [3.63, 3.8) is 0 Å². The van der Waals surface area contributed by atoms with E-state index in [2.05, 4.69) is 15.5 Å². The highest BCUT2D eigenvalue weighted by Crippen LogP contribution is 2.37. The summed E-state index contributed by atoms with van der Waals surface area (Å²) < 4.78 is 2.02. The van der Waals surface area contributed by atoms with E-state index in [1.807, 2.05) is 59.3 Å². The summed E-state index contributed by atoms with van der Waals surface area (Å²) in [5, 5.41) is 13.9. The molecule has 0 bridgehead atoms. The molecule has 0 saturated heterocycles. The van der Waals surface area contributed by atoms with Crippen molar-refractivity contribution in [3.8, 4) is 10.7 Å². The second-order valence-corrected chi connectivity index (χ2v) is 9.08. The van der Waals surface area contributed by atoms with Crippen molar-refractivity contribution < 1.29 is 9.59 Å². The largest absolute Gasteiger partial charge is 0.325 e. The molecule has 1 atom stereocenters. The van der Waals surface area contributed by atoms with Gasteiger partial charge in [0.2, 0.25) is 5.91 Å². The third kappa shape index (κ3) is 4.81. The van der Waals surface area contributed by atoms with Crippen LogP contribution in [0.3, 0.4) is 0 Å². The van der Waals surface area contributed by atoms with Crippen molar-refractivity contribution in [1.82, 2.24) is 14.8 Å². The first-order chi connectivity index (χ1) is 15.6. The Balaban J connectivity index is 1.65. The summed E-state index contributed by atoms with van der Waals surface area (Å²) in [4.78, 5) is 26.1. The Morgan fingerprint density at radius 1 is 1.06 bits per heavy atom.